The average molecular weight is 340 g/mol. The van der Waals surface area contributed by atoms with Crippen LogP contribution in [0.1, 0.15) is 11.1 Å². The SMILES string of the molecule is N=C(N)c1ccc(-c2cc(-c3cccc(C(=N)N)c3Cl)no2)cc1. The van der Waals surface area contributed by atoms with Gasteiger partial charge in [-0.25, -0.2) is 0 Å². The molecule has 0 fully saturated rings. The second-order valence-electron chi connectivity index (χ2n) is 5.15. The first-order chi connectivity index (χ1) is 11.5. The first-order valence-corrected chi connectivity index (χ1v) is 7.40. The number of nitrogens with zero attached hydrogens (tertiary/aromatic N) is 1. The summed E-state index contributed by atoms with van der Waals surface area (Å²) in [5, 5.41) is 19.4. The summed E-state index contributed by atoms with van der Waals surface area (Å²) in [4.78, 5) is 0. The third kappa shape index (κ3) is 2.87. The lowest BCUT2D eigenvalue weighted by molar-refractivity contribution is 0.435. The second-order valence-corrected chi connectivity index (χ2v) is 5.53. The van der Waals surface area contributed by atoms with Gasteiger partial charge in [-0.3, -0.25) is 10.8 Å². The third-order valence-electron chi connectivity index (χ3n) is 3.56. The first-order valence-electron chi connectivity index (χ1n) is 7.02. The van der Waals surface area contributed by atoms with Gasteiger partial charge in [0.1, 0.15) is 17.4 Å². The molecule has 0 spiro atoms. The van der Waals surface area contributed by atoms with E-state index in [0.29, 0.717) is 33.2 Å². The largest absolute Gasteiger partial charge is 0.384 e. The van der Waals surface area contributed by atoms with E-state index in [-0.39, 0.29) is 11.7 Å². The van der Waals surface area contributed by atoms with E-state index in [1.807, 2.05) is 0 Å². The van der Waals surface area contributed by atoms with Gasteiger partial charge in [0.25, 0.3) is 0 Å². The Bertz CT molecular complexity index is 930. The summed E-state index contributed by atoms with van der Waals surface area (Å²) >= 11 is 6.31. The molecule has 0 saturated heterocycles. The monoisotopic (exact) mass is 339 g/mol. The van der Waals surface area contributed by atoms with E-state index in [9.17, 15) is 0 Å². The van der Waals surface area contributed by atoms with E-state index < -0.39 is 0 Å². The van der Waals surface area contributed by atoms with Gasteiger partial charge >= 0.3 is 0 Å². The molecule has 0 aliphatic rings. The summed E-state index contributed by atoms with van der Waals surface area (Å²) in [5.41, 5.74) is 14.0. The van der Waals surface area contributed by atoms with Crippen molar-refractivity contribution < 1.29 is 4.52 Å². The van der Waals surface area contributed by atoms with Crippen molar-refractivity contribution in [3.05, 3.63) is 64.7 Å². The van der Waals surface area contributed by atoms with Gasteiger partial charge in [0.15, 0.2) is 5.76 Å². The smallest absolute Gasteiger partial charge is 0.167 e. The van der Waals surface area contributed by atoms with Crippen molar-refractivity contribution in [2.45, 2.75) is 0 Å². The molecule has 1 aromatic heterocycles. The number of amidine groups is 2. The highest BCUT2D eigenvalue weighted by atomic mass is 35.5. The van der Waals surface area contributed by atoms with Crippen molar-refractivity contribution in [1.29, 1.82) is 10.8 Å². The fraction of sp³-hybridized carbons (Fsp3) is 0. The van der Waals surface area contributed by atoms with Crippen LogP contribution in [0.2, 0.25) is 5.02 Å². The molecule has 0 radical (unpaired) electrons. The molecule has 1 heterocycles. The molecule has 0 aliphatic heterocycles. The second kappa shape index (κ2) is 6.17. The summed E-state index contributed by atoms with van der Waals surface area (Å²) in [6.45, 7) is 0. The van der Waals surface area contributed by atoms with Gasteiger partial charge in [-0.15, -0.1) is 0 Å². The molecule has 7 heteroatoms. The number of nitrogens with one attached hydrogen (secondary N) is 2. The molecule has 3 aromatic rings. The van der Waals surface area contributed by atoms with Gasteiger partial charge in [-0.1, -0.05) is 53.2 Å². The Morgan fingerprint density at radius 3 is 2.33 bits per heavy atom. The fourth-order valence-electron chi connectivity index (χ4n) is 2.29. The van der Waals surface area contributed by atoms with Crippen LogP contribution in [0.3, 0.4) is 0 Å². The number of aromatic nitrogens is 1. The zero-order valence-electron chi connectivity index (χ0n) is 12.5. The maximum atomic E-state index is 7.55. The van der Waals surface area contributed by atoms with Gasteiger partial charge in [-0.2, -0.15) is 0 Å². The number of nitrogens with two attached hydrogens (primary N) is 2. The van der Waals surface area contributed by atoms with Crippen LogP contribution in [-0.4, -0.2) is 16.8 Å². The predicted molar refractivity (Wildman–Crippen MR) is 94.4 cm³/mol. The zero-order valence-corrected chi connectivity index (χ0v) is 13.3. The molecule has 120 valence electrons. The average Bonchev–Trinajstić information content (AvgIpc) is 3.04. The Morgan fingerprint density at radius 2 is 1.71 bits per heavy atom. The number of hydrogen-bond acceptors (Lipinski definition) is 4. The Kier molecular flexibility index (Phi) is 4.05. The number of halogens is 1. The molecule has 0 bridgehead atoms. The number of benzene rings is 2. The van der Waals surface area contributed by atoms with Crippen LogP contribution < -0.4 is 11.5 Å². The van der Waals surface area contributed by atoms with E-state index in [0.717, 1.165) is 5.56 Å². The topological polar surface area (TPSA) is 126 Å². The van der Waals surface area contributed by atoms with E-state index in [1.54, 1.807) is 48.5 Å². The Morgan fingerprint density at radius 1 is 1.00 bits per heavy atom. The predicted octanol–water partition coefficient (Wildman–Crippen LogP) is 3.23. The van der Waals surface area contributed by atoms with Gasteiger partial charge in [0.05, 0.1) is 5.02 Å². The normalized spacial score (nSPS) is 10.5. The highest BCUT2D eigenvalue weighted by Gasteiger charge is 2.14. The summed E-state index contributed by atoms with van der Waals surface area (Å²) in [6.07, 6.45) is 0. The summed E-state index contributed by atoms with van der Waals surface area (Å²) in [6, 6.07) is 14.1. The lowest BCUT2D eigenvalue weighted by Gasteiger charge is -2.05. The van der Waals surface area contributed by atoms with Crippen LogP contribution >= 0.6 is 11.6 Å². The van der Waals surface area contributed by atoms with Crippen molar-refractivity contribution in [1.82, 2.24) is 5.16 Å². The molecule has 6 N–H and O–H groups in total. The van der Waals surface area contributed by atoms with E-state index in [2.05, 4.69) is 5.16 Å². The minimum atomic E-state index is -0.106. The van der Waals surface area contributed by atoms with Crippen LogP contribution in [0.4, 0.5) is 0 Å². The zero-order chi connectivity index (χ0) is 17.3. The lowest BCUT2D eigenvalue weighted by Crippen LogP contribution is -2.11. The van der Waals surface area contributed by atoms with Crippen molar-refractivity contribution in [3.63, 3.8) is 0 Å². The number of hydrogen-bond donors (Lipinski definition) is 4. The third-order valence-corrected chi connectivity index (χ3v) is 3.96. The van der Waals surface area contributed by atoms with Gasteiger partial charge in [-0.05, 0) is 6.07 Å². The molecule has 6 nitrogen and oxygen atoms in total. The molecule has 0 atom stereocenters. The molecule has 0 unspecified atom stereocenters. The van der Waals surface area contributed by atoms with E-state index in [4.69, 9.17) is 38.4 Å². The van der Waals surface area contributed by atoms with E-state index in [1.165, 1.54) is 0 Å². The van der Waals surface area contributed by atoms with Crippen molar-refractivity contribution in [3.8, 4) is 22.6 Å². The maximum absolute atomic E-state index is 7.55. The Labute approximate surface area is 143 Å². The summed E-state index contributed by atoms with van der Waals surface area (Å²) < 4.78 is 5.38. The van der Waals surface area contributed by atoms with Gasteiger partial charge < -0.3 is 16.0 Å². The first kappa shape index (κ1) is 15.8. The minimum absolute atomic E-state index is 0.00707. The lowest BCUT2D eigenvalue weighted by atomic mass is 10.1. The molecular weight excluding hydrogens is 326 g/mol. The highest BCUT2D eigenvalue weighted by Crippen LogP contribution is 2.32. The van der Waals surface area contributed by atoms with Crippen molar-refractivity contribution >= 4 is 23.3 Å². The number of nitrogen functional groups attached to an aromatic ring is 2. The quantitative estimate of drug-likeness (QED) is 0.430. The van der Waals surface area contributed by atoms with Crippen LogP contribution in [0.5, 0.6) is 0 Å². The fourth-order valence-corrected chi connectivity index (χ4v) is 2.61. The molecular formula is C17H14ClN5O. The van der Waals surface area contributed by atoms with E-state index >= 15 is 0 Å². The molecule has 0 aliphatic carbocycles. The standard InChI is InChI=1S/C17H14ClN5O/c18-15-11(2-1-3-12(15)17(21)22)13-8-14(24-23-13)9-4-6-10(7-5-9)16(19)20/h1-8H,(H3,19,20)(H3,21,22). The molecule has 0 amide bonds. The Balaban J connectivity index is 1.98. The van der Waals surface area contributed by atoms with Crippen LogP contribution in [0.15, 0.2) is 53.1 Å². The van der Waals surface area contributed by atoms with Crippen LogP contribution in [0, 0.1) is 10.8 Å². The van der Waals surface area contributed by atoms with Crippen molar-refractivity contribution in [2.24, 2.45) is 11.5 Å². The van der Waals surface area contributed by atoms with Crippen molar-refractivity contribution in [2.75, 3.05) is 0 Å². The van der Waals surface area contributed by atoms with Crippen LogP contribution in [-0.2, 0) is 0 Å². The number of rotatable bonds is 4. The molecule has 3 rings (SSSR count). The summed E-state index contributed by atoms with van der Waals surface area (Å²) in [7, 11) is 0. The van der Waals surface area contributed by atoms with Gasteiger partial charge in [0.2, 0.25) is 0 Å². The molecule has 2 aromatic carbocycles. The summed E-state index contributed by atoms with van der Waals surface area (Å²) in [5.74, 6) is 0.461. The molecule has 0 saturated carbocycles. The van der Waals surface area contributed by atoms with Crippen LogP contribution in [0.25, 0.3) is 22.6 Å². The highest BCUT2D eigenvalue weighted by molar-refractivity contribution is 6.36. The minimum Gasteiger partial charge on any atom is -0.384 e. The molecule has 24 heavy (non-hydrogen) atoms. The Hall–Kier alpha value is -3.12. The maximum Gasteiger partial charge on any atom is 0.167 e. The van der Waals surface area contributed by atoms with Gasteiger partial charge in [0, 0.05) is 28.3 Å².